The minimum Gasteiger partial charge on any atom is -0.296 e. The van der Waals surface area contributed by atoms with Crippen LogP contribution in [0.15, 0.2) is 54.6 Å². The molecule has 14 heteroatoms. The third-order valence-corrected chi connectivity index (χ3v) is 12.1. The van der Waals surface area contributed by atoms with E-state index >= 15 is 0 Å². The Morgan fingerprint density at radius 1 is 0.614 bits per heavy atom. The predicted molar refractivity (Wildman–Crippen MR) is 180 cm³/mol. The molecule has 3 rings (SSSR count). The second-order valence-corrected chi connectivity index (χ2v) is 16.2. The second kappa shape index (κ2) is 17.9. The van der Waals surface area contributed by atoms with Gasteiger partial charge in [-0.15, -0.1) is 0 Å². The van der Waals surface area contributed by atoms with Crippen LogP contribution in [0.5, 0.6) is 0 Å². The van der Waals surface area contributed by atoms with Gasteiger partial charge in [0.15, 0.2) is 0 Å². The summed E-state index contributed by atoms with van der Waals surface area (Å²) in [6, 6.07) is 21.0. The fourth-order valence-corrected chi connectivity index (χ4v) is 10.1. The van der Waals surface area contributed by atoms with Crippen molar-refractivity contribution in [3.63, 3.8) is 0 Å². The minimum absolute atomic E-state index is 0.0296. The van der Waals surface area contributed by atoms with E-state index in [1.54, 1.807) is 54.6 Å². The van der Waals surface area contributed by atoms with E-state index in [4.69, 9.17) is 78.7 Å². The maximum absolute atomic E-state index is 14.7. The Bertz CT molecular complexity index is 1450. The van der Waals surface area contributed by atoms with E-state index in [1.165, 1.54) is 0 Å². The van der Waals surface area contributed by atoms with E-state index in [-0.39, 0.29) is 38.5 Å². The van der Waals surface area contributed by atoms with Crippen molar-refractivity contribution in [1.82, 2.24) is 0 Å². The quantitative estimate of drug-likeness (QED) is 0.142. The Morgan fingerprint density at radius 3 is 1.32 bits per heavy atom. The summed E-state index contributed by atoms with van der Waals surface area (Å²) in [7, 11) is 0. The lowest BCUT2D eigenvalue weighted by Gasteiger charge is -2.29. The summed E-state index contributed by atoms with van der Waals surface area (Å²) in [6.07, 6.45) is -1.68. The largest absolute Gasteiger partial charge is 0.390 e. The SMILES string of the molecule is N#CC[C@H](Cc1ccc(Cl)cc1Cl)OP(=O)(O[C@H](CC#N)Cc1ccc(Cl)cc1Cl)S[C@H](CC#N)Cc1ccc(Cl)cc1Cl. The zero-order valence-electron chi connectivity index (χ0n) is 22.9. The van der Waals surface area contributed by atoms with Gasteiger partial charge >= 0.3 is 6.80 Å². The average Bonchev–Trinajstić information content (AvgIpc) is 2.93. The molecule has 3 atom stereocenters. The van der Waals surface area contributed by atoms with Crippen LogP contribution in [0.1, 0.15) is 36.0 Å². The van der Waals surface area contributed by atoms with Crippen molar-refractivity contribution in [2.75, 3.05) is 0 Å². The van der Waals surface area contributed by atoms with Gasteiger partial charge < -0.3 is 0 Å². The molecule has 0 amide bonds. The highest BCUT2D eigenvalue weighted by Crippen LogP contribution is 2.65. The first-order chi connectivity index (χ1) is 20.9. The van der Waals surface area contributed by atoms with E-state index in [0.29, 0.717) is 46.8 Å². The summed E-state index contributed by atoms with van der Waals surface area (Å²) in [5, 5.41) is 30.6. The smallest absolute Gasteiger partial charge is 0.296 e. The van der Waals surface area contributed by atoms with Gasteiger partial charge in [-0.2, -0.15) is 15.8 Å². The number of halogens is 6. The van der Waals surface area contributed by atoms with Crippen LogP contribution in [0.2, 0.25) is 30.1 Å². The van der Waals surface area contributed by atoms with Gasteiger partial charge in [0.05, 0.1) is 43.3 Å². The summed E-state index contributed by atoms with van der Waals surface area (Å²) >= 11 is 38.2. The Labute approximate surface area is 290 Å². The van der Waals surface area contributed by atoms with E-state index in [9.17, 15) is 20.4 Å². The van der Waals surface area contributed by atoms with Crippen molar-refractivity contribution >= 4 is 87.8 Å². The zero-order valence-corrected chi connectivity index (χ0v) is 29.1. The number of nitrogens with zero attached hydrogens (tertiary/aromatic N) is 3. The first-order valence-electron chi connectivity index (χ1n) is 13.0. The molecule has 0 spiro atoms. The number of hydrogen-bond acceptors (Lipinski definition) is 7. The zero-order chi connectivity index (χ0) is 32.3. The van der Waals surface area contributed by atoms with E-state index < -0.39 is 24.3 Å². The molecule has 0 aliphatic rings. The number of nitriles is 3. The molecule has 6 nitrogen and oxygen atoms in total. The van der Waals surface area contributed by atoms with Gasteiger partial charge in [-0.05, 0) is 70.9 Å². The summed E-state index contributed by atoms with van der Waals surface area (Å²) in [6.45, 7) is -4.21. The van der Waals surface area contributed by atoms with Gasteiger partial charge in [-0.25, -0.2) is 4.57 Å². The molecule has 0 saturated heterocycles. The predicted octanol–water partition coefficient (Wildman–Crippen LogP) is 11.4. The molecule has 230 valence electrons. The van der Waals surface area contributed by atoms with Gasteiger partial charge in [0.1, 0.15) is 0 Å². The van der Waals surface area contributed by atoms with Crippen LogP contribution < -0.4 is 0 Å². The minimum atomic E-state index is -4.21. The fourth-order valence-electron chi connectivity index (χ4n) is 4.17. The van der Waals surface area contributed by atoms with Crippen LogP contribution in [0.3, 0.4) is 0 Å². The van der Waals surface area contributed by atoms with Gasteiger partial charge in [-0.3, -0.25) is 9.05 Å². The van der Waals surface area contributed by atoms with Crippen molar-refractivity contribution in [3.8, 4) is 18.2 Å². The highest BCUT2D eigenvalue weighted by atomic mass is 35.5. The molecule has 0 N–H and O–H groups in total. The van der Waals surface area contributed by atoms with Gasteiger partial charge in [0.2, 0.25) is 0 Å². The van der Waals surface area contributed by atoms with Crippen LogP contribution in [0.4, 0.5) is 0 Å². The second-order valence-electron chi connectivity index (χ2n) is 9.54. The topological polar surface area (TPSA) is 107 Å². The summed E-state index contributed by atoms with van der Waals surface area (Å²) in [5.74, 6) is 0. The van der Waals surface area contributed by atoms with E-state index in [2.05, 4.69) is 18.2 Å². The summed E-state index contributed by atoms with van der Waals surface area (Å²) in [5.41, 5.74) is 1.92. The molecule has 0 bridgehead atoms. The molecule has 0 fully saturated rings. The first-order valence-corrected chi connectivity index (χ1v) is 18.3. The fraction of sp³-hybridized carbons (Fsp3) is 0.300. The Kier molecular flexibility index (Phi) is 15.0. The number of benzene rings is 3. The third kappa shape index (κ3) is 11.6. The maximum Gasteiger partial charge on any atom is 0.390 e. The van der Waals surface area contributed by atoms with Crippen LogP contribution in [0, 0.1) is 34.0 Å². The van der Waals surface area contributed by atoms with Crippen molar-refractivity contribution < 1.29 is 13.6 Å². The standard InChI is InChI=1S/C30H24Cl6N3O3PS/c31-22-4-1-19(28(34)16-22)13-25(7-10-37)41-43(40,42-26(8-11-38)14-20-2-5-23(32)17-29(20)35)44-27(9-12-39)15-21-3-6-24(33)18-30(21)36/h1-6,16-18,25-27H,7-9,13-15H2/t25-,26-,27-/m1/s1. The lowest BCUT2D eigenvalue weighted by Crippen LogP contribution is -2.20. The van der Waals surface area contributed by atoms with E-state index in [1.807, 2.05) is 0 Å². The lowest BCUT2D eigenvalue weighted by molar-refractivity contribution is 0.127. The van der Waals surface area contributed by atoms with Crippen molar-refractivity contribution in [3.05, 3.63) is 101 Å². The molecule has 0 radical (unpaired) electrons. The highest BCUT2D eigenvalue weighted by molar-refractivity contribution is 8.55. The van der Waals surface area contributed by atoms with E-state index in [0.717, 1.165) is 11.4 Å². The Morgan fingerprint density at radius 2 is 0.977 bits per heavy atom. The van der Waals surface area contributed by atoms with Crippen molar-refractivity contribution in [1.29, 1.82) is 15.8 Å². The molecule has 0 saturated carbocycles. The molecule has 3 aromatic carbocycles. The molecule has 0 aliphatic heterocycles. The van der Waals surface area contributed by atoms with Crippen LogP contribution >= 0.6 is 87.8 Å². The Balaban J connectivity index is 1.98. The van der Waals surface area contributed by atoms with Crippen LogP contribution in [0.25, 0.3) is 0 Å². The molecule has 0 aliphatic carbocycles. The first kappa shape index (κ1) is 36.8. The molecule has 0 unspecified atom stereocenters. The average molecular weight is 750 g/mol. The van der Waals surface area contributed by atoms with Gasteiger partial charge in [-0.1, -0.05) is 87.8 Å². The van der Waals surface area contributed by atoms with Crippen LogP contribution in [-0.2, 0) is 32.9 Å². The molecule has 44 heavy (non-hydrogen) atoms. The molecule has 0 aromatic heterocycles. The summed E-state index contributed by atoms with van der Waals surface area (Å²) < 4.78 is 27.0. The Hall–Kier alpha value is -1.63. The maximum atomic E-state index is 14.7. The summed E-state index contributed by atoms with van der Waals surface area (Å²) in [4.78, 5) is 0. The lowest BCUT2D eigenvalue weighted by atomic mass is 10.1. The highest BCUT2D eigenvalue weighted by Gasteiger charge is 2.37. The van der Waals surface area contributed by atoms with Gasteiger partial charge in [0.25, 0.3) is 0 Å². The third-order valence-electron chi connectivity index (χ3n) is 6.18. The van der Waals surface area contributed by atoms with Crippen LogP contribution in [-0.4, -0.2) is 17.5 Å². The molecule has 0 heterocycles. The molecule has 3 aromatic rings. The number of hydrogen-bond donors (Lipinski definition) is 0. The van der Waals surface area contributed by atoms with Crippen molar-refractivity contribution in [2.24, 2.45) is 0 Å². The normalized spacial score (nSPS) is 13.3. The number of rotatable bonds is 15. The molecular weight excluding hydrogens is 726 g/mol. The monoisotopic (exact) mass is 747 g/mol. The van der Waals surface area contributed by atoms with Gasteiger partial charge in [0, 0.05) is 54.6 Å². The molecular formula is C30H24Cl6N3O3PS. The van der Waals surface area contributed by atoms with Crippen molar-refractivity contribution in [2.45, 2.75) is 56.0 Å².